The Balaban J connectivity index is 1.50. The maximum atomic E-state index is 12.3. The Morgan fingerprint density at radius 1 is 1.08 bits per heavy atom. The van der Waals surface area contributed by atoms with Crippen molar-refractivity contribution in [1.29, 1.82) is 0 Å². The van der Waals surface area contributed by atoms with Gasteiger partial charge in [0, 0.05) is 47.9 Å². The summed E-state index contributed by atoms with van der Waals surface area (Å²) in [6.07, 6.45) is 0. The number of piperazine rings is 1. The van der Waals surface area contributed by atoms with Crippen molar-refractivity contribution in [2.75, 3.05) is 31.1 Å². The molecule has 0 unspecified atom stereocenters. The van der Waals surface area contributed by atoms with Crippen molar-refractivity contribution in [2.24, 2.45) is 0 Å². The second kappa shape index (κ2) is 7.90. The van der Waals surface area contributed by atoms with E-state index in [9.17, 15) is 4.79 Å². The van der Waals surface area contributed by atoms with Crippen molar-refractivity contribution < 1.29 is 4.79 Å². The van der Waals surface area contributed by atoms with E-state index < -0.39 is 0 Å². The zero-order chi connectivity index (χ0) is 16.9. The van der Waals surface area contributed by atoms with Gasteiger partial charge in [0.25, 0.3) is 0 Å². The van der Waals surface area contributed by atoms with E-state index >= 15 is 0 Å². The predicted molar refractivity (Wildman–Crippen MR) is 102 cm³/mol. The average Bonchev–Trinajstić information content (AvgIpc) is 2.60. The van der Waals surface area contributed by atoms with Gasteiger partial charge in [-0.1, -0.05) is 45.7 Å². The lowest BCUT2D eigenvalue weighted by Gasteiger charge is -2.36. The van der Waals surface area contributed by atoms with Gasteiger partial charge in [-0.3, -0.25) is 0 Å². The number of carbonyl (C=O) groups is 1. The molecule has 6 heteroatoms. The van der Waals surface area contributed by atoms with E-state index in [0.717, 1.165) is 33.8 Å². The Kier molecular flexibility index (Phi) is 5.63. The number of hydrogen-bond acceptors (Lipinski definition) is 2. The summed E-state index contributed by atoms with van der Waals surface area (Å²) in [5, 5.41) is 3.72. The van der Waals surface area contributed by atoms with Gasteiger partial charge in [0.1, 0.15) is 0 Å². The number of rotatable bonds is 3. The summed E-state index contributed by atoms with van der Waals surface area (Å²) in [5.41, 5.74) is 2.19. The van der Waals surface area contributed by atoms with Gasteiger partial charge >= 0.3 is 6.03 Å². The summed E-state index contributed by atoms with van der Waals surface area (Å²) in [6, 6.07) is 15.8. The molecular formula is C18H19BrClN3O. The Morgan fingerprint density at radius 2 is 1.83 bits per heavy atom. The normalized spacial score (nSPS) is 14.6. The fourth-order valence-electron chi connectivity index (χ4n) is 2.78. The number of halogens is 2. The second-order valence-electron chi connectivity index (χ2n) is 5.74. The molecular weight excluding hydrogens is 390 g/mol. The molecule has 1 aliphatic rings. The summed E-state index contributed by atoms with van der Waals surface area (Å²) < 4.78 is 1.02. The predicted octanol–water partition coefficient (Wildman–Crippen LogP) is 4.13. The lowest BCUT2D eigenvalue weighted by atomic mass is 10.2. The standard InChI is InChI=1S/C18H19BrClN3O/c19-15-4-1-3-14(11-15)13-21-18(24)23-9-7-22(8-10-23)17-6-2-5-16(20)12-17/h1-6,11-12H,7-10,13H2,(H,21,24). The number of nitrogens with one attached hydrogen (secondary N) is 1. The third-order valence-corrected chi connectivity index (χ3v) is 4.80. The molecule has 1 fully saturated rings. The molecule has 2 amide bonds. The zero-order valence-electron chi connectivity index (χ0n) is 13.2. The molecule has 2 aromatic carbocycles. The third-order valence-electron chi connectivity index (χ3n) is 4.07. The van der Waals surface area contributed by atoms with E-state index in [0.29, 0.717) is 19.6 Å². The minimum atomic E-state index is -0.0132. The first kappa shape index (κ1) is 17.1. The number of anilines is 1. The summed E-state index contributed by atoms with van der Waals surface area (Å²) in [5.74, 6) is 0. The van der Waals surface area contributed by atoms with Gasteiger partial charge in [-0.15, -0.1) is 0 Å². The average molecular weight is 409 g/mol. The molecule has 0 saturated carbocycles. The van der Waals surface area contributed by atoms with Crippen molar-refractivity contribution in [1.82, 2.24) is 10.2 Å². The lowest BCUT2D eigenvalue weighted by molar-refractivity contribution is 0.194. The van der Waals surface area contributed by atoms with E-state index in [1.807, 2.05) is 47.4 Å². The monoisotopic (exact) mass is 407 g/mol. The van der Waals surface area contributed by atoms with Crippen LogP contribution in [0.3, 0.4) is 0 Å². The van der Waals surface area contributed by atoms with Crippen LogP contribution in [0.25, 0.3) is 0 Å². The molecule has 4 nitrogen and oxygen atoms in total. The minimum Gasteiger partial charge on any atom is -0.368 e. The first-order valence-corrected chi connectivity index (χ1v) is 9.07. The molecule has 1 saturated heterocycles. The maximum Gasteiger partial charge on any atom is 0.317 e. The maximum absolute atomic E-state index is 12.3. The van der Waals surface area contributed by atoms with Crippen molar-refractivity contribution in [2.45, 2.75) is 6.54 Å². The van der Waals surface area contributed by atoms with Crippen LogP contribution in [0.15, 0.2) is 53.0 Å². The molecule has 1 heterocycles. The number of urea groups is 1. The SMILES string of the molecule is O=C(NCc1cccc(Br)c1)N1CCN(c2cccc(Cl)c2)CC1. The molecule has 0 spiro atoms. The Labute approximate surface area is 155 Å². The number of amides is 2. The highest BCUT2D eigenvalue weighted by atomic mass is 79.9. The van der Waals surface area contributed by atoms with Crippen LogP contribution in [-0.4, -0.2) is 37.1 Å². The minimum absolute atomic E-state index is 0.0132. The largest absolute Gasteiger partial charge is 0.368 e. The topological polar surface area (TPSA) is 35.6 Å². The smallest absolute Gasteiger partial charge is 0.317 e. The van der Waals surface area contributed by atoms with Gasteiger partial charge < -0.3 is 15.1 Å². The second-order valence-corrected chi connectivity index (χ2v) is 7.09. The van der Waals surface area contributed by atoms with Crippen LogP contribution < -0.4 is 10.2 Å². The number of hydrogen-bond donors (Lipinski definition) is 1. The van der Waals surface area contributed by atoms with Crippen LogP contribution in [0.1, 0.15) is 5.56 Å². The first-order chi connectivity index (χ1) is 11.6. The Hall–Kier alpha value is -1.72. The summed E-state index contributed by atoms with van der Waals surface area (Å²) >= 11 is 9.49. The van der Waals surface area contributed by atoms with Gasteiger partial charge in [-0.2, -0.15) is 0 Å². The lowest BCUT2D eigenvalue weighted by Crippen LogP contribution is -2.51. The van der Waals surface area contributed by atoms with E-state index in [1.165, 1.54) is 0 Å². The molecule has 126 valence electrons. The molecule has 24 heavy (non-hydrogen) atoms. The van der Waals surface area contributed by atoms with Crippen molar-refractivity contribution in [3.05, 3.63) is 63.6 Å². The van der Waals surface area contributed by atoms with Crippen LogP contribution in [0.2, 0.25) is 5.02 Å². The van der Waals surface area contributed by atoms with Crippen LogP contribution in [0, 0.1) is 0 Å². The summed E-state index contributed by atoms with van der Waals surface area (Å²) in [6.45, 7) is 3.57. The Morgan fingerprint density at radius 3 is 2.54 bits per heavy atom. The fraction of sp³-hybridized carbons (Fsp3) is 0.278. The molecule has 3 rings (SSSR count). The number of nitrogens with zero attached hydrogens (tertiary/aromatic N) is 2. The molecule has 0 aliphatic carbocycles. The molecule has 0 radical (unpaired) electrons. The van der Waals surface area contributed by atoms with Crippen LogP contribution in [0.5, 0.6) is 0 Å². The number of benzene rings is 2. The van der Waals surface area contributed by atoms with Crippen LogP contribution in [-0.2, 0) is 6.54 Å². The first-order valence-electron chi connectivity index (χ1n) is 7.89. The van der Waals surface area contributed by atoms with Crippen molar-refractivity contribution >= 4 is 39.2 Å². The molecule has 1 N–H and O–H groups in total. The van der Waals surface area contributed by atoms with E-state index in [2.05, 4.69) is 32.2 Å². The highest BCUT2D eigenvalue weighted by Crippen LogP contribution is 2.20. The van der Waals surface area contributed by atoms with Crippen LogP contribution >= 0.6 is 27.5 Å². The molecule has 1 aliphatic heterocycles. The van der Waals surface area contributed by atoms with Gasteiger partial charge in [0.15, 0.2) is 0 Å². The van der Waals surface area contributed by atoms with Crippen molar-refractivity contribution in [3.8, 4) is 0 Å². The summed E-state index contributed by atoms with van der Waals surface area (Å²) in [4.78, 5) is 16.4. The highest BCUT2D eigenvalue weighted by Gasteiger charge is 2.21. The van der Waals surface area contributed by atoms with Crippen molar-refractivity contribution in [3.63, 3.8) is 0 Å². The van der Waals surface area contributed by atoms with E-state index in [1.54, 1.807) is 0 Å². The molecule has 2 aromatic rings. The van der Waals surface area contributed by atoms with Gasteiger partial charge in [-0.05, 0) is 35.9 Å². The summed E-state index contributed by atoms with van der Waals surface area (Å²) in [7, 11) is 0. The molecule has 0 bridgehead atoms. The molecule has 0 atom stereocenters. The Bertz CT molecular complexity index is 717. The van der Waals surface area contributed by atoms with E-state index in [4.69, 9.17) is 11.6 Å². The van der Waals surface area contributed by atoms with Crippen LogP contribution in [0.4, 0.5) is 10.5 Å². The number of carbonyl (C=O) groups excluding carboxylic acids is 1. The highest BCUT2D eigenvalue weighted by molar-refractivity contribution is 9.10. The third kappa shape index (κ3) is 4.42. The molecule has 0 aromatic heterocycles. The van der Waals surface area contributed by atoms with Gasteiger partial charge in [0.05, 0.1) is 0 Å². The quantitative estimate of drug-likeness (QED) is 0.829. The van der Waals surface area contributed by atoms with Gasteiger partial charge in [0.2, 0.25) is 0 Å². The van der Waals surface area contributed by atoms with E-state index in [-0.39, 0.29) is 6.03 Å². The fourth-order valence-corrected chi connectivity index (χ4v) is 3.41. The zero-order valence-corrected chi connectivity index (χ0v) is 15.6. The van der Waals surface area contributed by atoms with Gasteiger partial charge in [-0.25, -0.2) is 4.79 Å².